The first-order valence-corrected chi connectivity index (χ1v) is 3.51. The first-order chi connectivity index (χ1) is 5.15. The van der Waals surface area contributed by atoms with Crippen LogP contribution < -0.4 is 11.3 Å². The van der Waals surface area contributed by atoms with Crippen LogP contribution in [0.2, 0.25) is 0 Å². The molecule has 0 aromatic carbocycles. The van der Waals surface area contributed by atoms with E-state index >= 15 is 0 Å². The molecule has 2 N–H and O–H groups in total. The highest BCUT2D eigenvalue weighted by atomic mass is 16.1. The molecule has 0 bridgehead atoms. The number of nitrogens with zero attached hydrogens (tertiary/aromatic N) is 1. The zero-order valence-electron chi connectivity index (χ0n) is 6.79. The second kappa shape index (κ2) is 2.88. The maximum absolute atomic E-state index is 11.2. The SMILES string of the molecule is Cc1cc(CN)cn(C)c1=O. The van der Waals surface area contributed by atoms with E-state index < -0.39 is 0 Å². The molecule has 60 valence electrons. The van der Waals surface area contributed by atoms with E-state index in [1.54, 1.807) is 24.7 Å². The third kappa shape index (κ3) is 1.49. The van der Waals surface area contributed by atoms with Gasteiger partial charge in [-0.3, -0.25) is 4.79 Å². The molecule has 0 saturated carbocycles. The summed E-state index contributed by atoms with van der Waals surface area (Å²) in [6.45, 7) is 2.27. The number of aryl methyl sites for hydroxylation is 2. The Kier molecular flexibility index (Phi) is 2.10. The van der Waals surface area contributed by atoms with Crippen molar-refractivity contribution in [3.8, 4) is 0 Å². The lowest BCUT2D eigenvalue weighted by atomic mass is 10.2. The van der Waals surface area contributed by atoms with Crippen LogP contribution in [0.25, 0.3) is 0 Å². The summed E-state index contributed by atoms with van der Waals surface area (Å²) in [4.78, 5) is 11.2. The van der Waals surface area contributed by atoms with Crippen LogP contribution in [0.3, 0.4) is 0 Å². The van der Waals surface area contributed by atoms with Gasteiger partial charge in [0, 0.05) is 25.4 Å². The maximum atomic E-state index is 11.2. The lowest BCUT2D eigenvalue weighted by molar-refractivity contribution is 0.826. The van der Waals surface area contributed by atoms with Gasteiger partial charge in [0.2, 0.25) is 0 Å². The van der Waals surface area contributed by atoms with Gasteiger partial charge in [0.15, 0.2) is 0 Å². The van der Waals surface area contributed by atoms with E-state index in [-0.39, 0.29) is 5.56 Å². The fourth-order valence-electron chi connectivity index (χ4n) is 1.07. The van der Waals surface area contributed by atoms with Crippen molar-refractivity contribution in [1.29, 1.82) is 0 Å². The van der Waals surface area contributed by atoms with Crippen LogP contribution in [0.15, 0.2) is 17.1 Å². The summed E-state index contributed by atoms with van der Waals surface area (Å²) in [5, 5.41) is 0. The molecule has 0 aliphatic rings. The predicted molar refractivity (Wildman–Crippen MR) is 44.3 cm³/mol. The molecule has 3 heteroatoms. The first-order valence-electron chi connectivity index (χ1n) is 3.51. The monoisotopic (exact) mass is 152 g/mol. The molecule has 1 heterocycles. The van der Waals surface area contributed by atoms with Crippen molar-refractivity contribution in [2.24, 2.45) is 12.8 Å². The Hall–Kier alpha value is -1.09. The van der Waals surface area contributed by atoms with E-state index in [9.17, 15) is 4.79 Å². The number of rotatable bonds is 1. The fraction of sp³-hybridized carbons (Fsp3) is 0.375. The maximum Gasteiger partial charge on any atom is 0.253 e. The topological polar surface area (TPSA) is 48.0 Å². The summed E-state index contributed by atoms with van der Waals surface area (Å²) in [5.41, 5.74) is 7.20. The highest BCUT2D eigenvalue weighted by Crippen LogP contribution is 1.96. The summed E-state index contributed by atoms with van der Waals surface area (Å²) in [6, 6.07) is 1.82. The standard InChI is InChI=1S/C8H12N2O/c1-6-3-7(4-9)5-10(2)8(6)11/h3,5H,4,9H2,1-2H3. The Labute approximate surface area is 65.5 Å². The van der Waals surface area contributed by atoms with E-state index in [1.807, 2.05) is 6.07 Å². The largest absolute Gasteiger partial charge is 0.326 e. The van der Waals surface area contributed by atoms with Crippen LogP contribution in [0, 0.1) is 6.92 Å². The molecule has 0 aliphatic heterocycles. The van der Waals surface area contributed by atoms with Gasteiger partial charge in [0.05, 0.1) is 0 Å². The van der Waals surface area contributed by atoms with Crippen molar-refractivity contribution < 1.29 is 0 Å². The van der Waals surface area contributed by atoms with Gasteiger partial charge in [0.25, 0.3) is 5.56 Å². The molecule has 0 aliphatic carbocycles. The summed E-state index contributed by atoms with van der Waals surface area (Å²) < 4.78 is 1.55. The molecule has 11 heavy (non-hydrogen) atoms. The molecule has 1 aromatic heterocycles. The molecule has 1 aromatic rings. The quantitative estimate of drug-likeness (QED) is 0.622. The minimum atomic E-state index is 0.0437. The first kappa shape index (κ1) is 8.01. The minimum absolute atomic E-state index is 0.0437. The van der Waals surface area contributed by atoms with Gasteiger partial charge >= 0.3 is 0 Å². The van der Waals surface area contributed by atoms with Crippen LogP contribution >= 0.6 is 0 Å². The third-order valence-corrected chi connectivity index (χ3v) is 1.65. The average Bonchev–Trinajstić information content (AvgIpc) is 1.99. The molecule has 3 nitrogen and oxygen atoms in total. The van der Waals surface area contributed by atoms with Crippen molar-refractivity contribution in [3.05, 3.63) is 33.7 Å². The minimum Gasteiger partial charge on any atom is -0.326 e. The van der Waals surface area contributed by atoms with E-state index in [1.165, 1.54) is 0 Å². The second-order valence-electron chi connectivity index (χ2n) is 2.65. The number of pyridine rings is 1. The van der Waals surface area contributed by atoms with Gasteiger partial charge in [-0.25, -0.2) is 0 Å². The van der Waals surface area contributed by atoms with Crippen LogP contribution in [-0.4, -0.2) is 4.57 Å². The van der Waals surface area contributed by atoms with Gasteiger partial charge in [-0.1, -0.05) is 0 Å². The number of hydrogen-bond acceptors (Lipinski definition) is 2. The zero-order valence-corrected chi connectivity index (χ0v) is 6.79. The predicted octanol–water partition coefficient (Wildman–Crippen LogP) is 0.152. The second-order valence-corrected chi connectivity index (χ2v) is 2.65. The van der Waals surface area contributed by atoms with E-state index in [0.717, 1.165) is 11.1 Å². The zero-order chi connectivity index (χ0) is 8.43. The van der Waals surface area contributed by atoms with E-state index in [0.29, 0.717) is 6.54 Å². The number of nitrogens with two attached hydrogens (primary N) is 1. The van der Waals surface area contributed by atoms with Crippen molar-refractivity contribution in [1.82, 2.24) is 4.57 Å². The van der Waals surface area contributed by atoms with Crippen molar-refractivity contribution in [3.63, 3.8) is 0 Å². The molecule has 0 spiro atoms. The van der Waals surface area contributed by atoms with Crippen molar-refractivity contribution in [2.45, 2.75) is 13.5 Å². The van der Waals surface area contributed by atoms with E-state index in [2.05, 4.69) is 0 Å². The summed E-state index contributed by atoms with van der Waals surface area (Å²) in [6.07, 6.45) is 1.76. The highest BCUT2D eigenvalue weighted by Gasteiger charge is 1.97. The molecular weight excluding hydrogens is 140 g/mol. The summed E-state index contributed by atoms with van der Waals surface area (Å²) in [7, 11) is 1.73. The van der Waals surface area contributed by atoms with Gasteiger partial charge in [0.1, 0.15) is 0 Å². The number of hydrogen-bond donors (Lipinski definition) is 1. The Morgan fingerprint density at radius 3 is 2.73 bits per heavy atom. The smallest absolute Gasteiger partial charge is 0.253 e. The fourth-order valence-corrected chi connectivity index (χ4v) is 1.07. The molecule has 0 unspecified atom stereocenters. The molecule has 1 rings (SSSR count). The average molecular weight is 152 g/mol. The van der Waals surface area contributed by atoms with Crippen molar-refractivity contribution in [2.75, 3.05) is 0 Å². The normalized spacial score (nSPS) is 10.1. The highest BCUT2D eigenvalue weighted by molar-refractivity contribution is 5.17. The molecule has 0 saturated heterocycles. The Bertz CT molecular complexity index is 288. The Morgan fingerprint density at radius 1 is 1.64 bits per heavy atom. The van der Waals surface area contributed by atoms with Gasteiger partial charge < -0.3 is 10.3 Å². The number of aromatic nitrogens is 1. The lowest BCUT2D eigenvalue weighted by Gasteiger charge is -2.02. The van der Waals surface area contributed by atoms with Gasteiger partial charge in [-0.05, 0) is 18.6 Å². The molecule has 0 radical (unpaired) electrons. The van der Waals surface area contributed by atoms with Gasteiger partial charge in [-0.15, -0.1) is 0 Å². The Morgan fingerprint density at radius 2 is 2.27 bits per heavy atom. The van der Waals surface area contributed by atoms with E-state index in [4.69, 9.17) is 5.73 Å². The summed E-state index contributed by atoms with van der Waals surface area (Å²) in [5.74, 6) is 0. The third-order valence-electron chi connectivity index (χ3n) is 1.65. The van der Waals surface area contributed by atoms with Crippen molar-refractivity contribution >= 4 is 0 Å². The lowest BCUT2D eigenvalue weighted by Crippen LogP contribution is -2.19. The Balaban J connectivity index is 3.32. The summed E-state index contributed by atoms with van der Waals surface area (Å²) >= 11 is 0. The molecular formula is C8H12N2O. The van der Waals surface area contributed by atoms with Crippen LogP contribution in [-0.2, 0) is 13.6 Å². The van der Waals surface area contributed by atoms with Crippen LogP contribution in [0.5, 0.6) is 0 Å². The van der Waals surface area contributed by atoms with Gasteiger partial charge in [-0.2, -0.15) is 0 Å². The van der Waals surface area contributed by atoms with Crippen LogP contribution in [0.1, 0.15) is 11.1 Å². The van der Waals surface area contributed by atoms with Crippen LogP contribution in [0.4, 0.5) is 0 Å². The molecule has 0 fully saturated rings. The molecule has 0 atom stereocenters. The molecule has 0 amide bonds.